The Hall–Kier alpha value is -2.24. The molecule has 0 spiro atoms. The van der Waals surface area contributed by atoms with E-state index in [2.05, 4.69) is 5.32 Å². The normalized spacial score (nSPS) is 16.7. The van der Waals surface area contributed by atoms with Crippen LogP contribution in [0.3, 0.4) is 0 Å². The van der Waals surface area contributed by atoms with Crippen molar-refractivity contribution in [2.75, 3.05) is 18.6 Å². The van der Waals surface area contributed by atoms with E-state index in [0.29, 0.717) is 34.6 Å². The Labute approximate surface area is 161 Å². The number of rotatable bonds is 5. The van der Waals surface area contributed by atoms with E-state index in [0.717, 1.165) is 5.56 Å². The van der Waals surface area contributed by atoms with Crippen LogP contribution in [-0.4, -0.2) is 25.5 Å². The smallest absolute Gasteiger partial charge is 0.227 e. The van der Waals surface area contributed by atoms with Crippen molar-refractivity contribution in [3.05, 3.63) is 58.1 Å². The van der Waals surface area contributed by atoms with Crippen molar-refractivity contribution < 1.29 is 14.3 Å². The Balaban J connectivity index is 1.66. The number of hydrogen-bond acceptors (Lipinski definition) is 3. The molecule has 2 aromatic carbocycles. The van der Waals surface area contributed by atoms with E-state index in [1.54, 1.807) is 35.2 Å². The van der Waals surface area contributed by atoms with E-state index in [4.69, 9.17) is 27.9 Å². The second kappa shape index (κ2) is 7.98. The zero-order valence-electron chi connectivity index (χ0n) is 14.2. The topological polar surface area (TPSA) is 58.6 Å². The van der Waals surface area contributed by atoms with Gasteiger partial charge in [0.1, 0.15) is 5.75 Å². The first-order valence-corrected chi connectivity index (χ1v) is 8.89. The van der Waals surface area contributed by atoms with E-state index in [-0.39, 0.29) is 18.2 Å². The molecule has 0 aromatic heterocycles. The molecule has 1 fully saturated rings. The van der Waals surface area contributed by atoms with Gasteiger partial charge in [0.25, 0.3) is 0 Å². The SMILES string of the molecule is COc1ccc(Cl)cc1N1C[C@@H](C(=O)NCc2ccc(Cl)cc2)CC1=O. The predicted molar refractivity (Wildman–Crippen MR) is 102 cm³/mol. The summed E-state index contributed by atoms with van der Waals surface area (Å²) in [5.41, 5.74) is 1.53. The van der Waals surface area contributed by atoms with Crippen molar-refractivity contribution in [3.63, 3.8) is 0 Å². The largest absolute Gasteiger partial charge is 0.495 e. The summed E-state index contributed by atoms with van der Waals surface area (Å²) in [6.07, 6.45) is 0.155. The maximum absolute atomic E-state index is 12.5. The molecular weight excluding hydrogens is 375 g/mol. The number of nitrogens with zero attached hydrogens (tertiary/aromatic N) is 1. The number of benzene rings is 2. The average molecular weight is 393 g/mol. The van der Waals surface area contributed by atoms with Gasteiger partial charge in [0, 0.05) is 29.6 Å². The van der Waals surface area contributed by atoms with Gasteiger partial charge in [-0.05, 0) is 35.9 Å². The minimum absolute atomic E-state index is 0.128. The van der Waals surface area contributed by atoms with Gasteiger partial charge in [-0.3, -0.25) is 9.59 Å². The fourth-order valence-electron chi connectivity index (χ4n) is 2.93. The van der Waals surface area contributed by atoms with Gasteiger partial charge in [0.2, 0.25) is 11.8 Å². The Morgan fingerprint density at radius 1 is 1.19 bits per heavy atom. The summed E-state index contributed by atoms with van der Waals surface area (Å²) in [6, 6.07) is 12.3. The van der Waals surface area contributed by atoms with Crippen LogP contribution < -0.4 is 15.0 Å². The lowest BCUT2D eigenvalue weighted by Crippen LogP contribution is -2.32. The summed E-state index contributed by atoms with van der Waals surface area (Å²) >= 11 is 11.9. The summed E-state index contributed by atoms with van der Waals surface area (Å²) in [6.45, 7) is 0.684. The molecule has 136 valence electrons. The number of methoxy groups -OCH3 is 1. The molecule has 0 radical (unpaired) electrons. The third kappa shape index (κ3) is 4.11. The van der Waals surface area contributed by atoms with Crippen LogP contribution >= 0.6 is 23.2 Å². The molecule has 1 aliphatic heterocycles. The zero-order valence-corrected chi connectivity index (χ0v) is 15.7. The fourth-order valence-corrected chi connectivity index (χ4v) is 3.22. The highest BCUT2D eigenvalue weighted by molar-refractivity contribution is 6.31. The number of carbonyl (C=O) groups excluding carboxylic acids is 2. The molecule has 1 heterocycles. The van der Waals surface area contributed by atoms with Gasteiger partial charge in [0.15, 0.2) is 0 Å². The van der Waals surface area contributed by atoms with Crippen LogP contribution in [0.25, 0.3) is 0 Å². The minimum Gasteiger partial charge on any atom is -0.495 e. The van der Waals surface area contributed by atoms with Gasteiger partial charge in [-0.25, -0.2) is 0 Å². The molecule has 1 N–H and O–H groups in total. The summed E-state index contributed by atoms with van der Waals surface area (Å²) < 4.78 is 5.31. The Morgan fingerprint density at radius 2 is 1.88 bits per heavy atom. The van der Waals surface area contributed by atoms with Crippen molar-refractivity contribution in [2.24, 2.45) is 5.92 Å². The Kier molecular flexibility index (Phi) is 5.69. The standard InChI is InChI=1S/C19H18Cl2N2O3/c1-26-17-7-6-15(21)9-16(17)23-11-13(8-18(23)24)19(25)22-10-12-2-4-14(20)5-3-12/h2-7,9,13H,8,10-11H2,1H3,(H,22,25)/t13-/m0/s1. The lowest BCUT2D eigenvalue weighted by molar-refractivity contribution is -0.126. The quantitative estimate of drug-likeness (QED) is 0.844. The molecule has 1 aliphatic rings. The van der Waals surface area contributed by atoms with E-state index in [1.165, 1.54) is 7.11 Å². The van der Waals surface area contributed by atoms with Crippen LogP contribution in [0.5, 0.6) is 5.75 Å². The van der Waals surface area contributed by atoms with Crippen LogP contribution in [0.4, 0.5) is 5.69 Å². The second-order valence-electron chi connectivity index (χ2n) is 6.07. The van der Waals surface area contributed by atoms with Crippen LogP contribution in [-0.2, 0) is 16.1 Å². The van der Waals surface area contributed by atoms with Crippen LogP contribution in [0.15, 0.2) is 42.5 Å². The van der Waals surface area contributed by atoms with Crippen molar-refractivity contribution in [2.45, 2.75) is 13.0 Å². The maximum atomic E-state index is 12.5. The first-order valence-electron chi connectivity index (χ1n) is 8.14. The first-order chi connectivity index (χ1) is 12.5. The van der Waals surface area contributed by atoms with Gasteiger partial charge in [-0.2, -0.15) is 0 Å². The average Bonchev–Trinajstić information content (AvgIpc) is 3.02. The molecule has 0 unspecified atom stereocenters. The molecular formula is C19H18Cl2N2O3. The molecule has 0 saturated carbocycles. The first kappa shape index (κ1) is 18.5. The van der Waals surface area contributed by atoms with Gasteiger partial charge >= 0.3 is 0 Å². The zero-order chi connectivity index (χ0) is 18.7. The van der Waals surface area contributed by atoms with Gasteiger partial charge in [-0.1, -0.05) is 35.3 Å². The maximum Gasteiger partial charge on any atom is 0.227 e. The molecule has 1 atom stereocenters. The highest BCUT2D eigenvalue weighted by Crippen LogP contribution is 2.35. The third-order valence-electron chi connectivity index (χ3n) is 4.31. The summed E-state index contributed by atoms with van der Waals surface area (Å²) in [7, 11) is 1.53. The molecule has 7 heteroatoms. The third-order valence-corrected chi connectivity index (χ3v) is 4.79. The lowest BCUT2D eigenvalue weighted by atomic mass is 10.1. The van der Waals surface area contributed by atoms with E-state index >= 15 is 0 Å². The Morgan fingerprint density at radius 3 is 2.58 bits per heavy atom. The minimum atomic E-state index is -0.418. The number of halogens is 2. The Bertz CT molecular complexity index is 824. The summed E-state index contributed by atoms with van der Waals surface area (Å²) in [4.78, 5) is 26.4. The summed E-state index contributed by atoms with van der Waals surface area (Å²) in [5, 5.41) is 4.02. The molecule has 0 aliphatic carbocycles. The molecule has 3 rings (SSSR count). The van der Waals surface area contributed by atoms with E-state index in [1.807, 2.05) is 12.1 Å². The van der Waals surface area contributed by atoms with Crippen LogP contribution in [0.2, 0.25) is 10.0 Å². The van der Waals surface area contributed by atoms with Gasteiger partial charge in [0.05, 0.1) is 18.7 Å². The number of amides is 2. The van der Waals surface area contributed by atoms with E-state index in [9.17, 15) is 9.59 Å². The molecule has 1 saturated heterocycles. The highest BCUT2D eigenvalue weighted by Gasteiger charge is 2.36. The molecule has 0 bridgehead atoms. The van der Waals surface area contributed by atoms with Crippen molar-refractivity contribution in [1.29, 1.82) is 0 Å². The number of ether oxygens (including phenoxy) is 1. The van der Waals surface area contributed by atoms with Crippen molar-refractivity contribution >= 4 is 40.7 Å². The molecule has 26 heavy (non-hydrogen) atoms. The number of nitrogens with one attached hydrogen (secondary N) is 1. The van der Waals surface area contributed by atoms with Crippen LogP contribution in [0.1, 0.15) is 12.0 Å². The predicted octanol–water partition coefficient (Wildman–Crippen LogP) is 3.67. The van der Waals surface area contributed by atoms with Crippen LogP contribution in [0, 0.1) is 5.92 Å². The number of anilines is 1. The number of carbonyl (C=O) groups is 2. The molecule has 2 aromatic rings. The summed E-state index contributed by atoms with van der Waals surface area (Å²) in [5.74, 6) is -0.155. The van der Waals surface area contributed by atoms with Crippen molar-refractivity contribution in [3.8, 4) is 5.75 Å². The van der Waals surface area contributed by atoms with Gasteiger partial charge in [-0.15, -0.1) is 0 Å². The van der Waals surface area contributed by atoms with Crippen molar-refractivity contribution in [1.82, 2.24) is 5.32 Å². The molecule has 5 nitrogen and oxygen atoms in total. The molecule has 2 amide bonds. The lowest BCUT2D eigenvalue weighted by Gasteiger charge is -2.20. The van der Waals surface area contributed by atoms with E-state index < -0.39 is 5.92 Å². The van der Waals surface area contributed by atoms with Gasteiger partial charge < -0.3 is 15.0 Å². The second-order valence-corrected chi connectivity index (χ2v) is 6.94. The highest BCUT2D eigenvalue weighted by atomic mass is 35.5. The monoisotopic (exact) mass is 392 g/mol. The fraction of sp³-hybridized carbons (Fsp3) is 0.263. The number of hydrogen-bond donors (Lipinski definition) is 1.